The summed E-state index contributed by atoms with van der Waals surface area (Å²) in [5.41, 5.74) is 2.26. The van der Waals surface area contributed by atoms with Gasteiger partial charge in [0.05, 0.1) is 22.8 Å². The van der Waals surface area contributed by atoms with Crippen molar-refractivity contribution in [3.8, 4) is 10.6 Å². The van der Waals surface area contributed by atoms with Gasteiger partial charge in [-0.05, 0) is 30.4 Å². The van der Waals surface area contributed by atoms with E-state index in [0.29, 0.717) is 30.3 Å². The lowest BCUT2D eigenvalue weighted by Gasteiger charge is -2.25. The van der Waals surface area contributed by atoms with Gasteiger partial charge in [-0.1, -0.05) is 17.4 Å². The largest absolute Gasteiger partial charge is 0.332 e. The summed E-state index contributed by atoms with van der Waals surface area (Å²) in [7, 11) is 0. The number of anilines is 1. The van der Waals surface area contributed by atoms with Gasteiger partial charge in [-0.25, -0.2) is 4.98 Å². The Bertz CT molecular complexity index is 1000. The maximum Gasteiger partial charge on any atom is 0.274 e. The molecule has 27 heavy (non-hydrogen) atoms. The summed E-state index contributed by atoms with van der Waals surface area (Å²) in [4.78, 5) is 33.2. The number of nitrogens with one attached hydrogen (secondary N) is 2. The number of amides is 2. The van der Waals surface area contributed by atoms with Gasteiger partial charge >= 0.3 is 0 Å². The zero-order valence-corrected chi connectivity index (χ0v) is 16.0. The van der Waals surface area contributed by atoms with Crippen LogP contribution in [-0.4, -0.2) is 38.4 Å². The van der Waals surface area contributed by atoms with Gasteiger partial charge in [0, 0.05) is 23.8 Å². The molecule has 1 aliphatic carbocycles. The molecular formula is C18H17N5O2S2. The number of hydrogen-bond donors (Lipinski definition) is 2. The Morgan fingerprint density at radius 2 is 2.22 bits per heavy atom. The fourth-order valence-corrected chi connectivity index (χ4v) is 4.85. The van der Waals surface area contributed by atoms with Crippen molar-refractivity contribution in [1.29, 1.82) is 0 Å². The molecule has 7 nitrogen and oxygen atoms in total. The Labute approximate surface area is 163 Å². The quantitative estimate of drug-likeness (QED) is 0.705. The zero-order valence-electron chi connectivity index (χ0n) is 14.4. The Kier molecular flexibility index (Phi) is 4.05. The number of nitrogens with zero attached hydrogens (tertiary/aromatic N) is 3. The molecule has 5 rings (SSSR count). The highest BCUT2D eigenvalue weighted by Crippen LogP contribution is 2.33. The average molecular weight is 400 g/mol. The summed E-state index contributed by atoms with van der Waals surface area (Å²) in [6, 6.07) is 5.77. The number of aromatic amines is 1. The summed E-state index contributed by atoms with van der Waals surface area (Å²) in [5, 5.41) is 12.7. The Morgan fingerprint density at radius 3 is 3.00 bits per heavy atom. The summed E-state index contributed by atoms with van der Waals surface area (Å²) >= 11 is 3.07. The number of aromatic nitrogens is 3. The van der Waals surface area contributed by atoms with E-state index in [1.165, 1.54) is 11.3 Å². The third-order valence-electron chi connectivity index (χ3n) is 4.78. The van der Waals surface area contributed by atoms with Crippen LogP contribution in [0.25, 0.3) is 10.6 Å². The number of carbonyl (C=O) groups is 2. The zero-order chi connectivity index (χ0) is 18.4. The van der Waals surface area contributed by atoms with Gasteiger partial charge in [-0.15, -0.1) is 11.3 Å². The molecule has 138 valence electrons. The van der Waals surface area contributed by atoms with Crippen molar-refractivity contribution in [1.82, 2.24) is 20.1 Å². The van der Waals surface area contributed by atoms with E-state index >= 15 is 0 Å². The van der Waals surface area contributed by atoms with Gasteiger partial charge in [0.2, 0.25) is 5.91 Å². The number of rotatable bonds is 4. The van der Waals surface area contributed by atoms with E-state index in [0.717, 1.165) is 34.0 Å². The lowest BCUT2D eigenvalue weighted by atomic mass is 10.1. The maximum absolute atomic E-state index is 12.8. The van der Waals surface area contributed by atoms with E-state index < -0.39 is 0 Å². The highest BCUT2D eigenvalue weighted by atomic mass is 32.1. The molecule has 0 bridgehead atoms. The fourth-order valence-electron chi connectivity index (χ4n) is 3.13. The Hall–Kier alpha value is -2.52. The third kappa shape index (κ3) is 3.28. The van der Waals surface area contributed by atoms with Crippen molar-refractivity contribution in [3.05, 3.63) is 39.8 Å². The normalized spacial score (nSPS) is 16.2. The molecule has 1 aliphatic heterocycles. The van der Waals surface area contributed by atoms with E-state index in [9.17, 15) is 9.59 Å². The summed E-state index contributed by atoms with van der Waals surface area (Å²) in [6.07, 6.45) is 2.63. The topological polar surface area (TPSA) is 91.0 Å². The van der Waals surface area contributed by atoms with Gasteiger partial charge in [-0.3, -0.25) is 14.7 Å². The molecule has 0 radical (unpaired) electrons. The molecule has 3 aromatic heterocycles. The third-order valence-corrected chi connectivity index (χ3v) is 6.68. The summed E-state index contributed by atoms with van der Waals surface area (Å²) < 4.78 is 0. The van der Waals surface area contributed by atoms with Gasteiger partial charge in [0.25, 0.3) is 5.91 Å². The van der Waals surface area contributed by atoms with E-state index in [1.807, 2.05) is 17.5 Å². The smallest absolute Gasteiger partial charge is 0.274 e. The molecule has 3 aromatic rings. The molecule has 1 fully saturated rings. The van der Waals surface area contributed by atoms with Crippen molar-refractivity contribution in [2.75, 3.05) is 11.9 Å². The molecule has 0 atom stereocenters. The van der Waals surface area contributed by atoms with Crippen LogP contribution >= 0.6 is 22.7 Å². The molecule has 2 amide bonds. The van der Waals surface area contributed by atoms with Crippen LogP contribution in [0, 0.1) is 5.92 Å². The van der Waals surface area contributed by atoms with Gasteiger partial charge in [-0.2, -0.15) is 5.10 Å². The van der Waals surface area contributed by atoms with Gasteiger partial charge < -0.3 is 10.2 Å². The molecule has 9 heteroatoms. The minimum absolute atomic E-state index is 0.0617. The van der Waals surface area contributed by atoms with Crippen LogP contribution in [0.15, 0.2) is 23.6 Å². The first-order chi connectivity index (χ1) is 13.2. The molecule has 0 saturated heterocycles. The van der Waals surface area contributed by atoms with Crippen LogP contribution in [0.4, 0.5) is 5.13 Å². The minimum Gasteiger partial charge on any atom is -0.332 e. The SMILES string of the molecule is O=C(Nc1nc2c(s1)CN(C(=O)c1cc(-c3cccs3)[nH]n1)CC2)C1CC1. The first kappa shape index (κ1) is 16.6. The number of thiophene rings is 1. The molecule has 0 aromatic carbocycles. The highest BCUT2D eigenvalue weighted by molar-refractivity contribution is 7.16. The van der Waals surface area contributed by atoms with E-state index in [-0.39, 0.29) is 17.7 Å². The number of fused-ring (bicyclic) bond motifs is 1. The van der Waals surface area contributed by atoms with Gasteiger partial charge in [0.15, 0.2) is 10.8 Å². The first-order valence-corrected chi connectivity index (χ1v) is 10.5. The number of H-pyrrole nitrogens is 1. The second-order valence-corrected chi connectivity index (χ2v) is 8.80. The van der Waals surface area contributed by atoms with Crippen molar-refractivity contribution in [3.63, 3.8) is 0 Å². The van der Waals surface area contributed by atoms with Crippen LogP contribution in [0.5, 0.6) is 0 Å². The van der Waals surface area contributed by atoms with E-state index in [2.05, 4.69) is 20.5 Å². The predicted molar refractivity (Wildman–Crippen MR) is 104 cm³/mol. The first-order valence-electron chi connectivity index (χ1n) is 8.85. The maximum atomic E-state index is 12.8. The van der Waals surface area contributed by atoms with Crippen LogP contribution in [0.2, 0.25) is 0 Å². The van der Waals surface area contributed by atoms with E-state index in [4.69, 9.17) is 0 Å². The molecular weight excluding hydrogens is 382 g/mol. The highest BCUT2D eigenvalue weighted by Gasteiger charge is 2.31. The monoisotopic (exact) mass is 399 g/mol. The molecule has 2 N–H and O–H groups in total. The minimum atomic E-state index is -0.0864. The number of carbonyl (C=O) groups excluding carboxylic acids is 2. The second-order valence-electron chi connectivity index (χ2n) is 6.77. The van der Waals surface area contributed by atoms with Crippen LogP contribution in [0.1, 0.15) is 33.9 Å². The predicted octanol–water partition coefficient (Wildman–Crippen LogP) is 3.14. The van der Waals surface area contributed by atoms with Crippen molar-refractivity contribution in [2.24, 2.45) is 5.92 Å². The summed E-state index contributed by atoms with van der Waals surface area (Å²) in [6.45, 7) is 1.11. The Balaban J connectivity index is 1.29. The van der Waals surface area contributed by atoms with Gasteiger partial charge in [0.1, 0.15) is 0 Å². The second kappa shape index (κ2) is 6.58. The average Bonchev–Trinajstić information content (AvgIpc) is 3.08. The lowest BCUT2D eigenvalue weighted by Crippen LogP contribution is -2.35. The number of hydrogen-bond acceptors (Lipinski definition) is 6. The molecule has 0 spiro atoms. The molecule has 2 aliphatic rings. The van der Waals surface area contributed by atoms with Crippen LogP contribution in [-0.2, 0) is 17.8 Å². The summed E-state index contributed by atoms with van der Waals surface area (Å²) in [5.74, 6) is 0.129. The van der Waals surface area contributed by atoms with Crippen molar-refractivity contribution < 1.29 is 9.59 Å². The van der Waals surface area contributed by atoms with Crippen LogP contribution < -0.4 is 5.32 Å². The molecule has 0 unspecified atom stereocenters. The molecule has 1 saturated carbocycles. The molecule has 4 heterocycles. The van der Waals surface area contributed by atoms with E-state index in [1.54, 1.807) is 22.3 Å². The standard InChI is InChI=1S/C18H17N5O2S2/c24-16(10-3-4-10)20-18-19-11-5-6-23(9-15(11)27-18)17(25)13-8-12(21-22-13)14-2-1-7-26-14/h1-2,7-8,10H,3-6,9H2,(H,21,22)(H,19,20,24). The van der Waals surface area contributed by atoms with Crippen LogP contribution in [0.3, 0.4) is 0 Å². The number of thiazole rings is 1. The Morgan fingerprint density at radius 1 is 1.33 bits per heavy atom. The lowest BCUT2D eigenvalue weighted by molar-refractivity contribution is -0.117. The fraction of sp³-hybridized carbons (Fsp3) is 0.333. The van der Waals surface area contributed by atoms with Crippen molar-refractivity contribution >= 4 is 39.6 Å². The van der Waals surface area contributed by atoms with Crippen molar-refractivity contribution in [2.45, 2.75) is 25.8 Å².